The van der Waals surface area contributed by atoms with E-state index in [1.807, 2.05) is 90.9 Å². The van der Waals surface area contributed by atoms with E-state index in [0.717, 1.165) is 12.0 Å². The zero-order chi connectivity index (χ0) is 44.3. The number of nitrogens with one attached hydrogen (secondary N) is 3. The van der Waals surface area contributed by atoms with Crippen LogP contribution >= 0.6 is 0 Å². The van der Waals surface area contributed by atoms with Gasteiger partial charge in [-0.1, -0.05) is 85.2 Å². The highest BCUT2D eigenvalue weighted by Gasteiger charge is 2.43. The maximum Gasteiger partial charge on any atom is 0.326 e. The molecular weight excluding hydrogens is 745 g/mol. The van der Waals surface area contributed by atoms with Crippen molar-refractivity contribution in [1.29, 1.82) is 0 Å². The van der Waals surface area contributed by atoms with Gasteiger partial charge in [-0.15, -0.1) is 6.54 Å². The first-order chi connectivity index (χ1) is 27.3. The number of carbonyl (C=O) groups excluding carboxylic acids is 4. The first-order valence-electron chi connectivity index (χ1n) is 20.7. The van der Waals surface area contributed by atoms with Gasteiger partial charge in [-0.2, -0.15) is 0 Å². The summed E-state index contributed by atoms with van der Waals surface area (Å²) in [6.07, 6.45) is 1.43. The number of nitrogens with zero attached hydrogens (tertiary/aromatic N) is 3. The number of hydrogen-bond donors (Lipinski definition) is 4. The van der Waals surface area contributed by atoms with E-state index in [1.54, 1.807) is 23.8 Å². The zero-order valence-electron chi connectivity index (χ0n) is 37.2. The van der Waals surface area contributed by atoms with Crippen molar-refractivity contribution >= 4 is 29.6 Å². The molecule has 0 unspecified atom stereocenters. The van der Waals surface area contributed by atoms with Crippen LogP contribution in [0.1, 0.15) is 86.1 Å². The molecule has 1 aromatic rings. The van der Waals surface area contributed by atoms with Crippen LogP contribution in [0.4, 0.5) is 0 Å². The van der Waals surface area contributed by atoms with Gasteiger partial charge in [-0.3, -0.25) is 24.1 Å². The number of carboxylic acid groups (broad SMARTS) is 1. The molecule has 0 saturated carbocycles. The molecule has 1 aliphatic heterocycles. The molecule has 2 rings (SSSR count). The van der Waals surface area contributed by atoms with Crippen molar-refractivity contribution in [3.8, 4) is 0 Å². The maximum atomic E-state index is 14.2. The summed E-state index contributed by atoms with van der Waals surface area (Å²) in [5.74, 6) is -3.21. The molecule has 332 valence electrons. The smallest absolute Gasteiger partial charge is 0.326 e. The minimum Gasteiger partial charge on any atom is -0.677 e. The SMILES string of the molecule is CC[C@H](C)[C@@H]([C@@H](CC(=O)N1CCC[C@H]1[C@H](OC)[C@@H](C)C(=O)N[C@@H](Cc1ccccc1)C(=O)O)OC)N(C)C(=O)[C@@H](NC(=O)[C@H](C(C)C)N(C)C)C(C)C.[NH-]CCCO. The van der Waals surface area contributed by atoms with Crippen LogP contribution in [-0.4, -0.2) is 152 Å². The molecule has 5 N–H and O–H groups in total. The largest absolute Gasteiger partial charge is 0.677 e. The van der Waals surface area contributed by atoms with E-state index >= 15 is 0 Å². The number of rotatable bonds is 23. The van der Waals surface area contributed by atoms with Crippen LogP contribution < -0.4 is 10.6 Å². The Balaban J connectivity index is 0.00000315. The van der Waals surface area contributed by atoms with Crippen LogP contribution in [0.5, 0.6) is 0 Å². The summed E-state index contributed by atoms with van der Waals surface area (Å²) in [5.41, 5.74) is 7.23. The molecule has 15 heteroatoms. The van der Waals surface area contributed by atoms with Crippen molar-refractivity contribution in [3.05, 3.63) is 41.6 Å². The van der Waals surface area contributed by atoms with Crippen LogP contribution in [-0.2, 0) is 39.9 Å². The summed E-state index contributed by atoms with van der Waals surface area (Å²) >= 11 is 0. The van der Waals surface area contributed by atoms with Gasteiger partial charge in [0.2, 0.25) is 23.6 Å². The number of aliphatic hydroxyl groups excluding tert-OH is 1. The molecule has 4 amide bonds. The van der Waals surface area contributed by atoms with E-state index in [4.69, 9.17) is 20.3 Å². The minimum atomic E-state index is -1.14. The molecule has 0 aliphatic carbocycles. The predicted octanol–water partition coefficient (Wildman–Crippen LogP) is 3.87. The normalized spacial score (nSPS) is 18.3. The number of likely N-dealkylation sites (N-methyl/N-ethyl adjacent to an activating group) is 2. The molecule has 1 aliphatic rings. The minimum absolute atomic E-state index is 0.0104. The molecule has 9 atom stereocenters. The summed E-state index contributed by atoms with van der Waals surface area (Å²) in [7, 11) is 8.44. The van der Waals surface area contributed by atoms with Crippen LogP contribution in [0.2, 0.25) is 0 Å². The van der Waals surface area contributed by atoms with Gasteiger partial charge in [0.1, 0.15) is 12.1 Å². The standard InChI is InChI=1S/C40H67N5O8.C3H8NO/c1-13-26(6)35(44(10)39(49)33(24(2)3)42-38(48)34(25(4)5)43(8)9)31(52-11)23-32(46)45-21-17-20-30(45)36(53-12)27(7)37(47)41-29(40(50)51)22-28-18-15-14-16-19-28;4-2-1-3-5/h14-16,18-19,24-27,29-31,33-36H,13,17,20-23H2,1-12H3,(H,41,47)(H,42,48)(H,50,51);4-5H,1-3H2/q;-1/t26-,27+,29-,30-,31+,33-,34-,35-,36+;/m0./s1. The van der Waals surface area contributed by atoms with E-state index in [9.17, 15) is 29.1 Å². The highest BCUT2D eigenvalue weighted by molar-refractivity contribution is 5.90. The van der Waals surface area contributed by atoms with E-state index in [0.29, 0.717) is 32.4 Å². The van der Waals surface area contributed by atoms with Crippen molar-refractivity contribution in [2.75, 3.05) is 55.1 Å². The van der Waals surface area contributed by atoms with Crippen LogP contribution in [0.25, 0.3) is 5.73 Å². The average Bonchev–Trinajstić information content (AvgIpc) is 3.66. The lowest BCUT2D eigenvalue weighted by atomic mass is 9.89. The number of aliphatic carboxylic acids is 1. The van der Waals surface area contributed by atoms with E-state index in [1.165, 1.54) is 14.2 Å². The third-order valence-electron chi connectivity index (χ3n) is 11.2. The zero-order valence-corrected chi connectivity index (χ0v) is 37.2. The quantitative estimate of drug-likeness (QED) is 0.126. The molecule has 58 heavy (non-hydrogen) atoms. The Labute approximate surface area is 347 Å². The molecule has 0 spiro atoms. The van der Waals surface area contributed by atoms with Crippen molar-refractivity contribution in [3.63, 3.8) is 0 Å². The molecule has 0 bridgehead atoms. The lowest BCUT2D eigenvalue weighted by molar-refractivity contribution is -0.148. The third kappa shape index (κ3) is 15.5. The number of ether oxygens (including phenoxy) is 2. The van der Waals surface area contributed by atoms with Gasteiger partial charge >= 0.3 is 5.97 Å². The molecule has 0 aromatic heterocycles. The Hall–Kier alpha value is -3.63. The number of amides is 4. The second kappa shape index (κ2) is 26.5. The second-order valence-corrected chi connectivity index (χ2v) is 16.4. The Morgan fingerprint density at radius 3 is 2.00 bits per heavy atom. The van der Waals surface area contributed by atoms with Gasteiger partial charge in [0.15, 0.2) is 0 Å². The number of methoxy groups -OCH3 is 2. The Morgan fingerprint density at radius 2 is 1.55 bits per heavy atom. The van der Waals surface area contributed by atoms with Gasteiger partial charge in [0, 0.05) is 40.8 Å². The molecular formula is C43H75N6O9-. The van der Waals surface area contributed by atoms with Crippen LogP contribution in [0, 0.1) is 23.7 Å². The van der Waals surface area contributed by atoms with Crippen molar-refractivity contribution < 1.29 is 43.7 Å². The molecule has 1 aromatic carbocycles. The van der Waals surface area contributed by atoms with E-state index in [-0.39, 0.29) is 54.9 Å². The average molecular weight is 820 g/mol. The number of aliphatic hydroxyl groups is 1. The predicted molar refractivity (Wildman–Crippen MR) is 226 cm³/mol. The van der Waals surface area contributed by atoms with Gasteiger partial charge < -0.3 is 45.9 Å². The van der Waals surface area contributed by atoms with Gasteiger partial charge in [0.25, 0.3) is 0 Å². The van der Waals surface area contributed by atoms with E-state index < -0.39 is 60.2 Å². The van der Waals surface area contributed by atoms with Crippen molar-refractivity contribution in [1.82, 2.24) is 25.3 Å². The third-order valence-corrected chi connectivity index (χ3v) is 11.2. The first kappa shape index (κ1) is 52.4. The summed E-state index contributed by atoms with van der Waals surface area (Å²) < 4.78 is 11.9. The number of likely N-dealkylation sites (tertiary alicyclic amines) is 1. The molecule has 0 radical (unpaired) electrons. The highest BCUT2D eigenvalue weighted by Crippen LogP contribution is 2.30. The fourth-order valence-corrected chi connectivity index (χ4v) is 7.84. The highest BCUT2D eigenvalue weighted by atomic mass is 16.5. The maximum absolute atomic E-state index is 14.2. The van der Waals surface area contributed by atoms with Crippen LogP contribution in [0.3, 0.4) is 0 Å². The fourth-order valence-electron chi connectivity index (χ4n) is 7.84. The molecule has 1 heterocycles. The summed E-state index contributed by atoms with van der Waals surface area (Å²) in [5, 5.41) is 23.5. The second-order valence-electron chi connectivity index (χ2n) is 16.4. The lowest BCUT2D eigenvalue weighted by Gasteiger charge is -2.41. The fraction of sp³-hybridized carbons (Fsp3) is 0.744. The van der Waals surface area contributed by atoms with Crippen molar-refractivity contribution in [2.24, 2.45) is 23.7 Å². The number of carbonyl (C=O) groups is 5. The molecule has 1 saturated heterocycles. The van der Waals surface area contributed by atoms with Crippen LogP contribution in [0.15, 0.2) is 30.3 Å². The number of hydrogen-bond acceptors (Lipinski definition) is 9. The number of carboxylic acids is 1. The Morgan fingerprint density at radius 1 is 0.931 bits per heavy atom. The number of benzene rings is 1. The monoisotopic (exact) mass is 820 g/mol. The van der Waals surface area contributed by atoms with Crippen molar-refractivity contribution in [2.45, 2.75) is 129 Å². The Kier molecular flexibility index (Phi) is 23.9. The Bertz CT molecular complexity index is 1390. The van der Waals surface area contributed by atoms with E-state index in [2.05, 4.69) is 10.6 Å². The summed E-state index contributed by atoms with van der Waals surface area (Å²) in [6.45, 7) is 14.4. The van der Waals surface area contributed by atoms with Gasteiger partial charge in [-0.25, -0.2) is 4.79 Å². The topological polar surface area (TPSA) is 202 Å². The summed E-state index contributed by atoms with van der Waals surface area (Å²) in [6, 6.07) is 5.89. The summed E-state index contributed by atoms with van der Waals surface area (Å²) in [4.78, 5) is 72.5. The molecule has 15 nitrogen and oxygen atoms in total. The first-order valence-corrected chi connectivity index (χ1v) is 20.7. The van der Waals surface area contributed by atoms with Gasteiger partial charge in [-0.05, 0) is 56.7 Å². The van der Waals surface area contributed by atoms with Gasteiger partial charge in [0.05, 0.1) is 42.7 Å². The molecule has 1 fully saturated rings. The lowest BCUT2D eigenvalue weighted by Crippen LogP contribution is -2.59.